The van der Waals surface area contributed by atoms with E-state index in [1.165, 1.54) is 12.1 Å². The van der Waals surface area contributed by atoms with Crippen LogP contribution in [0.5, 0.6) is 5.75 Å². The van der Waals surface area contributed by atoms with Crippen LogP contribution in [0.25, 0.3) is 0 Å². The number of phenols is 1. The van der Waals surface area contributed by atoms with Crippen molar-refractivity contribution in [1.29, 1.82) is 0 Å². The topological polar surface area (TPSA) is 197 Å². The molecule has 0 fully saturated rings. The number of amides is 3. The lowest BCUT2D eigenvalue weighted by molar-refractivity contribution is -0.142. The molecule has 35 heavy (non-hydrogen) atoms. The van der Waals surface area contributed by atoms with E-state index in [2.05, 4.69) is 28.6 Å². The molecule has 0 spiro atoms. The summed E-state index contributed by atoms with van der Waals surface area (Å²) in [4.78, 5) is 49.7. The first-order valence-electron chi connectivity index (χ1n) is 11.5. The van der Waals surface area contributed by atoms with Crippen LogP contribution in [0.15, 0.2) is 24.3 Å². The molecule has 12 heteroatoms. The number of carbonyl (C=O) groups is 4. The van der Waals surface area contributed by atoms with Crippen LogP contribution in [0, 0.1) is 5.92 Å². The van der Waals surface area contributed by atoms with Gasteiger partial charge in [0.25, 0.3) is 0 Å². The highest BCUT2D eigenvalue weighted by Crippen LogP contribution is 2.12. The highest BCUT2D eigenvalue weighted by molar-refractivity contribution is 7.80. The molecule has 1 rings (SSSR count). The Morgan fingerprint density at radius 2 is 1.54 bits per heavy atom. The maximum Gasteiger partial charge on any atom is 0.327 e. The summed E-state index contributed by atoms with van der Waals surface area (Å²) < 4.78 is 0. The number of benzene rings is 1. The van der Waals surface area contributed by atoms with Gasteiger partial charge in [-0.15, -0.1) is 0 Å². The summed E-state index contributed by atoms with van der Waals surface area (Å²) >= 11 is 3.93. The fraction of sp³-hybridized carbons (Fsp3) is 0.565. The fourth-order valence-corrected chi connectivity index (χ4v) is 3.50. The van der Waals surface area contributed by atoms with Crippen molar-refractivity contribution in [2.75, 3.05) is 12.3 Å². The number of nitrogens with two attached hydrogens (primary N) is 2. The quantitative estimate of drug-likeness (QED) is 0.114. The summed E-state index contributed by atoms with van der Waals surface area (Å²) in [7, 11) is 0. The van der Waals surface area contributed by atoms with Gasteiger partial charge in [-0.05, 0) is 55.8 Å². The third-order valence-electron chi connectivity index (χ3n) is 5.35. The second kappa shape index (κ2) is 15.2. The minimum atomic E-state index is -1.24. The number of unbranched alkanes of at least 4 members (excludes halogenated alkanes) is 1. The summed E-state index contributed by atoms with van der Waals surface area (Å²) in [6.45, 7) is 3.83. The number of hydrogen-bond donors (Lipinski definition) is 8. The number of carboxylic acids is 1. The van der Waals surface area contributed by atoms with Gasteiger partial charge in [0, 0.05) is 5.75 Å². The van der Waals surface area contributed by atoms with Gasteiger partial charge in [-0.3, -0.25) is 14.4 Å². The van der Waals surface area contributed by atoms with E-state index in [1.807, 2.05) is 0 Å². The number of hydrogen-bond acceptors (Lipinski definition) is 8. The molecule has 0 aliphatic carbocycles. The lowest BCUT2D eigenvalue weighted by Gasteiger charge is -2.27. The van der Waals surface area contributed by atoms with E-state index in [1.54, 1.807) is 26.0 Å². The Morgan fingerprint density at radius 3 is 2.06 bits per heavy atom. The van der Waals surface area contributed by atoms with Crippen molar-refractivity contribution in [3.8, 4) is 5.75 Å². The standard InChI is InChI=1S/C23H37N5O6S/c1-13(2)19(22(32)27-18(12-35)23(33)34)28-21(31)17(5-3-4-10-24)26-20(30)16(25)11-14-6-8-15(29)9-7-14/h6-9,13,16-19,29,35H,3-5,10-12,24-25H2,1-2H3,(H,26,30)(H,27,32)(H,28,31)(H,33,34). The van der Waals surface area contributed by atoms with Crippen LogP contribution in [0.2, 0.25) is 0 Å². The van der Waals surface area contributed by atoms with Gasteiger partial charge in [0.15, 0.2) is 0 Å². The van der Waals surface area contributed by atoms with Gasteiger partial charge < -0.3 is 37.6 Å². The van der Waals surface area contributed by atoms with Crippen LogP contribution in [0.4, 0.5) is 0 Å². The van der Waals surface area contributed by atoms with E-state index in [0.29, 0.717) is 19.4 Å². The Kier molecular flexibility index (Phi) is 13.1. The zero-order valence-corrected chi connectivity index (χ0v) is 21.0. The maximum atomic E-state index is 13.1. The molecular formula is C23H37N5O6S. The Bertz CT molecular complexity index is 851. The normalized spacial score (nSPS) is 14.5. The van der Waals surface area contributed by atoms with E-state index in [0.717, 1.165) is 5.56 Å². The van der Waals surface area contributed by atoms with Gasteiger partial charge in [0.1, 0.15) is 23.9 Å². The average molecular weight is 512 g/mol. The molecule has 1 aromatic carbocycles. The number of aromatic hydroxyl groups is 1. The molecule has 196 valence electrons. The summed E-state index contributed by atoms with van der Waals surface area (Å²) in [6, 6.07) is 2.13. The van der Waals surface area contributed by atoms with Crippen molar-refractivity contribution >= 4 is 36.3 Å². The molecule has 4 atom stereocenters. The minimum absolute atomic E-state index is 0.0937. The predicted octanol–water partition coefficient (Wildman–Crippen LogP) is -0.484. The lowest BCUT2D eigenvalue weighted by atomic mass is 10.0. The molecule has 11 nitrogen and oxygen atoms in total. The number of aliphatic carboxylic acids is 1. The van der Waals surface area contributed by atoms with E-state index < -0.39 is 47.9 Å². The molecular weight excluding hydrogens is 474 g/mol. The predicted molar refractivity (Wildman–Crippen MR) is 135 cm³/mol. The first-order chi connectivity index (χ1) is 16.5. The number of nitrogens with one attached hydrogen (secondary N) is 3. The largest absolute Gasteiger partial charge is 0.508 e. The molecule has 0 aliphatic heterocycles. The zero-order valence-electron chi connectivity index (χ0n) is 20.1. The van der Waals surface area contributed by atoms with E-state index in [-0.39, 0.29) is 30.3 Å². The number of phenolic OH excluding ortho intramolecular Hbond substituents is 1. The number of carboxylic acid groups (broad SMARTS) is 1. The van der Waals surface area contributed by atoms with Crippen LogP contribution in [0.3, 0.4) is 0 Å². The Labute approximate surface area is 210 Å². The van der Waals surface area contributed by atoms with E-state index in [9.17, 15) is 29.4 Å². The SMILES string of the molecule is CC(C)C(NC(=O)C(CCCCN)NC(=O)C(N)Cc1ccc(O)cc1)C(=O)NC(CS)C(=O)O. The molecule has 3 amide bonds. The molecule has 0 bridgehead atoms. The van der Waals surface area contributed by atoms with Crippen molar-refractivity contribution < 1.29 is 29.4 Å². The molecule has 1 aromatic rings. The van der Waals surface area contributed by atoms with Crippen molar-refractivity contribution in [3.05, 3.63) is 29.8 Å². The Morgan fingerprint density at radius 1 is 0.943 bits per heavy atom. The second-order valence-corrected chi connectivity index (χ2v) is 9.00. The van der Waals surface area contributed by atoms with Crippen molar-refractivity contribution in [1.82, 2.24) is 16.0 Å². The van der Waals surface area contributed by atoms with E-state index >= 15 is 0 Å². The molecule has 4 unspecified atom stereocenters. The van der Waals surface area contributed by atoms with Gasteiger partial charge >= 0.3 is 5.97 Å². The molecule has 0 saturated carbocycles. The third-order valence-corrected chi connectivity index (χ3v) is 5.72. The average Bonchev–Trinajstić information content (AvgIpc) is 2.80. The van der Waals surface area contributed by atoms with Crippen LogP contribution in [-0.2, 0) is 25.6 Å². The molecule has 0 radical (unpaired) electrons. The maximum absolute atomic E-state index is 13.1. The summed E-state index contributed by atoms with van der Waals surface area (Å²) in [5.74, 6) is -3.41. The summed E-state index contributed by atoms with van der Waals surface area (Å²) in [6.07, 6.45) is 1.67. The Balaban J connectivity index is 2.91. The minimum Gasteiger partial charge on any atom is -0.508 e. The number of thiol groups is 1. The van der Waals surface area contributed by atoms with Crippen molar-refractivity contribution in [2.24, 2.45) is 17.4 Å². The Hall–Kier alpha value is -2.83. The lowest BCUT2D eigenvalue weighted by Crippen LogP contribution is -2.58. The van der Waals surface area contributed by atoms with Gasteiger partial charge in [0.2, 0.25) is 17.7 Å². The second-order valence-electron chi connectivity index (χ2n) is 8.63. The van der Waals surface area contributed by atoms with Gasteiger partial charge in [-0.25, -0.2) is 4.79 Å². The van der Waals surface area contributed by atoms with Gasteiger partial charge in [-0.2, -0.15) is 12.6 Å². The first-order valence-corrected chi connectivity index (χ1v) is 12.1. The molecule has 0 aromatic heterocycles. The first kappa shape index (κ1) is 30.2. The van der Waals surface area contributed by atoms with Crippen LogP contribution in [-0.4, -0.2) is 70.4 Å². The smallest absolute Gasteiger partial charge is 0.327 e. The number of carbonyl (C=O) groups excluding carboxylic acids is 3. The fourth-order valence-electron chi connectivity index (χ4n) is 3.25. The highest BCUT2D eigenvalue weighted by Gasteiger charge is 2.31. The highest BCUT2D eigenvalue weighted by atomic mass is 32.1. The molecule has 9 N–H and O–H groups in total. The van der Waals surface area contributed by atoms with Crippen molar-refractivity contribution in [2.45, 2.75) is 63.7 Å². The van der Waals surface area contributed by atoms with Gasteiger partial charge in [-0.1, -0.05) is 26.0 Å². The zero-order chi connectivity index (χ0) is 26.5. The third kappa shape index (κ3) is 10.5. The van der Waals surface area contributed by atoms with Crippen LogP contribution < -0.4 is 27.4 Å². The molecule has 0 saturated heterocycles. The summed E-state index contributed by atoms with van der Waals surface area (Å²) in [5, 5.41) is 26.2. The number of rotatable bonds is 15. The van der Waals surface area contributed by atoms with Gasteiger partial charge in [0.05, 0.1) is 6.04 Å². The molecule has 0 heterocycles. The van der Waals surface area contributed by atoms with Crippen LogP contribution >= 0.6 is 12.6 Å². The van der Waals surface area contributed by atoms with Crippen molar-refractivity contribution in [3.63, 3.8) is 0 Å². The van der Waals surface area contributed by atoms with E-state index in [4.69, 9.17) is 11.5 Å². The molecule has 0 aliphatic rings. The monoisotopic (exact) mass is 511 g/mol. The summed E-state index contributed by atoms with van der Waals surface area (Å²) in [5.41, 5.74) is 12.3. The van der Waals surface area contributed by atoms with Crippen LogP contribution in [0.1, 0.15) is 38.7 Å².